The van der Waals surface area contributed by atoms with E-state index in [0.29, 0.717) is 5.82 Å². The minimum Gasteiger partial charge on any atom is -0.394 e. The Morgan fingerprint density at radius 1 is 1.05 bits per heavy atom. The molecule has 1 aliphatic rings. The first kappa shape index (κ1) is 17.4. The van der Waals surface area contributed by atoms with Gasteiger partial charge in [-0.1, -0.05) is 39.0 Å². The monoisotopic (exact) mass is 312 g/mol. The van der Waals surface area contributed by atoms with E-state index >= 15 is 0 Å². The SMILES string of the molecule is CCCCCCCCc1cn2c(n1)[C@H](O)[C@H](O)[C@H](O)[C@H]2CO. The van der Waals surface area contributed by atoms with E-state index in [1.165, 1.54) is 25.7 Å². The summed E-state index contributed by atoms with van der Waals surface area (Å²) >= 11 is 0. The van der Waals surface area contributed by atoms with Crippen LogP contribution < -0.4 is 0 Å². The lowest BCUT2D eigenvalue weighted by Crippen LogP contribution is -2.46. The van der Waals surface area contributed by atoms with Gasteiger partial charge in [-0.15, -0.1) is 0 Å². The molecule has 0 spiro atoms. The van der Waals surface area contributed by atoms with Gasteiger partial charge in [0.1, 0.15) is 24.1 Å². The summed E-state index contributed by atoms with van der Waals surface area (Å²) in [4.78, 5) is 4.38. The molecule has 126 valence electrons. The Morgan fingerprint density at radius 2 is 1.73 bits per heavy atom. The van der Waals surface area contributed by atoms with Crippen LogP contribution in [0, 0.1) is 0 Å². The van der Waals surface area contributed by atoms with Crippen LogP contribution in [0.3, 0.4) is 0 Å². The average Bonchev–Trinajstić information content (AvgIpc) is 2.93. The molecule has 0 saturated carbocycles. The number of aliphatic hydroxyl groups excluding tert-OH is 4. The van der Waals surface area contributed by atoms with Crippen molar-refractivity contribution in [1.82, 2.24) is 9.55 Å². The number of imidazole rings is 1. The summed E-state index contributed by atoms with van der Waals surface area (Å²) in [6, 6.07) is -0.654. The highest BCUT2D eigenvalue weighted by Crippen LogP contribution is 2.32. The molecule has 6 nitrogen and oxygen atoms in total. The summed E-state index contributed by atoms with van der Waals surface area (Å²) in [6.07, 6.45) is 6.06. The summed E-state index contributed by atoms with van der Waals surface area (Å²) in [5, 5.41) is 39.2. The van der Waals surface area contributed by atoms with Crippen LogP contribution >= 0.6 is 0 Å². The largest absolute Gasteiger partial charge is 0.394 e. The normalized spacial score (nSPS) is 27.9. The van der Waals surface area contributed by atoms with Gasteiger partial charge in [-0.25, -0.2) is 4.98 Å². The molecule has 2 heterocycles. The second-order valence-electron chi connectivity index (χ2n) is 6.19. The highest BCUT2D eigenvalue weighted by Gasteiger charge is 2.41. The molecule has 0 aliphatic carbocycles. The lowest BCUT2D eigenvalue weighted by Gasteiger charge is -2.35. The molecule has 2 rings (SSSR count). The van der Waals surface area contributed by atoms with Crippen LogP contribution in [0.1, 0.15) is 69.1 Å². The van der Waals surface area contributed by atoms with E-state index in [1.807, 2.05) is 0 Å². The van der Waals surface area contributed by atoms with Crippen LogP contribution in [0.25, 0.3) is 0 Å². The van der Waals surface area contributed by atoms with Crippen molar-refractivity contribution in [2.24, 2.45) is 0 Å². The first-order valence-electron chi connectivity index (χ1n) is 8.32. The molecule has 0 bridgehead atoms. The van der Waals surface area contributed by atoms with Crippen molar-refractivity contribution < 1.29 is 20.4 Å². The third kappa shape index (κ3) is 3.68. The molecule has 4 N–H and O–H groups in total. The van der Waals surface area contributed by atoms with Crippen molar-refractivity contribution in [1.29, 1.82) is 0 Å². The molecule has 0 saturated heterocycles. The van der Waals surface area contributed by atoms with E-state index in [4.69, 9.17) is 0 Å². The molecule has 1 aliphatic heterocycles. The zero-order chi connectivity index (χ0) is 16.1. The van der Waals surface area contributed by atoms with Gasteiger partial charge >= 0.3 is 0 Å². The number of hydrogen-bond donors (Lipinski definition) is 4. The molecule has 1 aromatic rings. The topological polar surface area (TPSA) is 98.7 Å². The number of hydrogen-bond acceptors (Lipinski definition) is 5. The van der Waals surface area contributed by atoms with Gasteiger partial charge in [-0.05, 0) is 12.8 Å². The third-order valence-electron chi connectivity index (χ3n) is 4.47. The van der Waals surface area contributed by atoms with Crippen LogP contribution in [-0.4, -0.2) is 48.8 Å². The Kier molecular flexibility index (Phi) is 6.37. The number of rotatable bonds is 8. The lowest BCUT2D eigenvalue weighted by atomic mass is 9.96. The number of nitrogens with zero attached hydrogens (tertiary/aromatic N) is 2. The summed E-state index contributed by atoms with van der Waals surface area (Å²) in [5.74, 6) is 0.331. The van der Waals surface area contributed by atoms with Crippen molar-refractivity contribution in [2.45, 2.75) is 76.2 Å². The molecule has 0 fully saturated rings. The quantitative estimate of drug-likeness (QED) is 0.539. The Labute approximate surface area is 131 Å². The molecule has 1 aromatic heterocycles. The Bertz CT molecular complexity index is 463. The number of aliphatic hydroxyl groups is 4. The van der Waals surface area contributed by atoms with Gasteiger partial charge in [-0.2, -0.15) is 0 Å². The number of aryl methyl sites for hydroxylation is 1. The predicted molar refractivity (Wildman–Crippen MR) is 82.4 cm³/mol. The van der Waals surface area contributed by atoms with Gasteiger partial charge in [0.15, 0.2) is 0 Å². The maximum Gasteiger partial charge on any atom is 0.141 e. The molecular weight excluding hydrogens is 284 g/mol. The first-order valence-corrected chi connectivity index (χ1v) is 8.32. The maximum absolute atomic E-state index is 10.0. The number of aromatic nitrogens is 2. The molecule has 0 aromatic carbocycles. The van der Waals surface area contributed by atoms with Crippen LogP contribution in [0.5, 0.6) is 0 Å². The molecule has 0 radical (unpaired) electrons. The number of unbranched alkanes of at least 4 members (excludes halogenated alkanes) is 5. The molecule has 0 unspecified atom stereocenters. The fraction of sp³-hybridized carbons (Fsp3) is 0.812. The molecular formula is C16H28N2O4. The molecule has 0 amide bonds. The summed E-state index contributed by atoms with van der Waals surface area (Å²) in [5.41, 5.74) is 0.837. The van der Waals surface area contributed by atoms with Crippen molar-refractivity contribution in [3.8, 4) is 0 Å². The van der Waals surface area contributed by atoms with Crippen LogP contribution in [-0.2, 0) is 6.42 Å². The second-order valence-corrected chi connectivity index (χ2v) is 6.19. The Hall–Kier alpha value is -0.950. The van der Waals surface area contributed by atoms with Gasteiger partial charge < -0.3 is 25.0 Å². The summed E-state index contributed by atoms with van der Waals surface area (Å²) < 4.78 is 1.61. The molecule has 6 heteroatoms. The summed E-state index contributed by atoms with van der Waals surface area (Å²) in [6.45, 7) is 1.89. The number of fused-ring (bicyclic) bond motifs is 1. The van der Waals surface area contributed by atoms with Crippen molar-refractivity contribution in [3.63, 3.8) is 0 Å². The Morgan fingerprint density at radius 3 is 2.41 bits per heavy atom. The standard InChI is InChI=1S/C16H28N2O4/c1-2-3-4-5-6-7-8-11-9-18-12(10-19)13(20)14(21)15(22)16(18)17-11/h9,12-15,19-22H,2-8,10H2,1H3/t12-,13-,14-,15-/m1/s1. The second kappa shape index (κ2) is 8.06. The minimum atomic E-state index is -1.31. The van der Waals surface area contributed by atoms with Crippen LogP contribution in [0.4, 0.5) is 0 Å². The Balaban J connectivity index is 1.96. The smallest absolute Gasteiger partial charge is 0.141 e. The van der Waals surface area contributed by atoms with E-state index in [0.717, 1.165) is 25.0 Å². The van der Waals surface area contributed by atoms with E-state index in [-0.39, 0.29) is 6.61 Å². The predicted octanol–water partition coefficient (Wildman–Crippen LogP) is 1.09. The van der Waals surface area contributed by atoms with E-state index < -0.39 is 24.4 Å². The van der Waals surface area contributed by atoms with E-state index in [1.54, 1.807) is 10.8 Å². The fourth-order valence-electron chi connectivity index (χ4n) is 3.08. The zero-order valence-electron chi connectivity index (χ0n) is 13.2. The maximum atomic E-state index is 10.0. The molecule has 22 heavy (non-hydrogen) atoms. The van der Waals surface area contributed by atoms with E-state index in [2.05, 4.69) is 11.9 Å². The van der Waals surface area contributed by atoms with Gasteiger partial charge in [-0.3, -0.25) is 0 Å². The van der Waals surface area contributed by atoms with Gasteiger partial charge in [0.05, 0.1) is 18.3 Å². The minimum absolute atomic E-state index is 0.301. The van der Waals surface area contributed by atoms with Crippen molar-refractivity contribution in [3.05, 3.63) is 17.7 Å². The third-order valence-corrected chi connectivity index (χ3v) is 4.47. The highest BCUT2D eigenvalue weighted by molar-refractivity contribution is 5.14. The van der Waals surface area contributed by atoms with Gasteiger partial charge in [0.25, 0.3) is 0 Å². The first-order chi connectivity index (χ1) is 10.6. The highest BCUT2D eigenvalue weighted by atomic mass is 16.4. The van der Waals surface area contributed by atoms with Crippen LogP contribution in [0.15, 0.2) is 6.20 Å². The molecule has 4 atom stereocenters. The van der Waals surface area contributed by atoms with Crippen LogP contribution in [0.2, 0.25) is 0 Å². The van der Waals surface area contributed by atoms with Gasteiger partial charge in [0.2, 0.25) is 0 Å². The van der Waals surface area contributed by atoms with Crippen molar-refractivity contribution >= 4 is 0 Å². The lowest BCUT2D eigenvalue weighted by molar-refractivity contribution is -0.108. The van der Waals surface area contributed by atoms with Gasteiger partial charge in [0, 0.05) is 6.20 Å². The summed E-state index contributed by atoms with van der Waals surface area (Å²) in [7, 11) is 0. The fourth-order valence-corrected chi connectivity index (χ4v) is 3.08. The van der Waals surface area contributed by atoms with Crippen molar-refractivity contribution in [2.75, 3.05) is 6.61 Å². The van der Waals surface area contributed by atoms with E-state index in [9.17, 15) is 20.4 Å². The zero-order valence-corrected chi connectivity index (χ0v) is 13.2. The average molecular weight is 312 g/mol.